The lowest BCUT2D eigenvalue weighted by atomic mass is 10.0. The Morgan fingerprint density at radius 1 is 1.53 bits per heavy atom. The minimum absolute atomic E-state index is 0.0423. The average Bonchev–Trinajstić information content (AvgIpc) is 2.57. The summed E-state index contributed by atoms with van der Waals surface area (Å²) in [6.07, 6.45) is 0.635. The topological polar surface area (TPSA) is 82.7 Å². The molecule has 17 heavy (non-hydrogen) atoms. The fraction of sp³-hybridized carbons (Fsp3) is 0.583. The fourth-order valence-electron chi connectivity index (χ4n) is 1.50. The highest BCUT2D eigenvalue weighted by atomic mass is 16.4. The van der Waals surface area contributed by atoms with Crippen LogP contribution in [0.1, 0.15) is 42.1 Å². The molecule has 0 spiro atoms. The zero-order chi connectivity index (χ0) is 13.1. The van der Waals surface area contributed by atoms with Gasteiger partial charge in [0, 0.05) is 24.3 Å². The maximum atomic E-state index is 10.7. The second-order valence-electron chi connectivity index (χ2n) is 4.71. The van der Waals surface area contributed by atoms with E-state index in [9.17, 15) is 4.79 Å². The van der Waals surface area contributed by atoms with Crippen molar-refractivity contribution in [3.8, 4) is 0 Å². The molecule has 1 heterocycles. The number of hydrogen-bond donors (Lipinski definition) is 3. The molecule has 0 aliphatic carbocycles. The molecule has 1 rings (SSSR count). The number of aryl methyl sites for hydroxylation is 1. The molecule has 0 radical (unpaired) electrons. The van der Waals surface area contributed by atoms with Crippen LogP contribution < -0.4 is 5.32 Å². The molecule has 1 aromatic heterocycles. The van der Waals surface area contributed by atoms with Crippen LogP contribution in [0.4, 0.5) is 0 Å². The number of carbonyl (C=O) groups is 1. The van der Waals surface area contributed by atoms with Crippen LogP contribution in [0, 0.1) is 6.92 Å². The van der Waals surface area contributed by atoms with E-state index in [0.717, 1.165) is 5.56 Å². The predicted molar refractivity (Wildman–Crippen MR) is 63.0 cm³/mol. The van der Waals surface area contributed by atoms with Crippen molar-refractivity contribution in [3.63, 3.8) is 0 Å². The molecule has 0 aliphatic heterocycles. The summed E-state index contributed by atoms with van der Waals surface area (Å²) in [5.41, 5.74) is 0.635. The van der Waals surface area contributed by atoms with Gasteiger partial charge in [0.05, 0.1) is 0 Å². The lowest BCUT2D eigenvalue weighted by Crippen LogP contribution is -2.39. The van der Waals surface area contributed by atoms with Crippen molar-refractivity contribution < 1.29 is 19.4 Å². The van der Waals surface area contributed by atoms with Gasteiger partial charge >= 0.3 is 5.97 Å². The van der Waals surface area contributed by atoms with Crippen molar-refractivity contribution >= 4 is 5.97 Å². The van der Waals surface area contributed by atoms with Crippen LogP contribution in [-0.2, 0) is 6.54 Å². The van der Waals surface area contributed by atoms with Crippen molar-refractivity contribution in [2.24, 2.45) is 0 Å². The summed E-state index contributed by atoms with van der Waals surface area (Å²) >= 11 is 0. The Morgan fingerprint density at radius 3 is 2.65 bits per heavy atom. The highest BCUT2D eigenvalue weighted by molar-refractivity contribution is 5.84. The van der Waals surface area contributed by atoms with E-state index in [4.69, 9.17) is 14.6 Å². The van der Waals surface area contributed by atoms with Crippen LogP contribution in [-0.4, -0.2) is 28.3 Å². The van der Waals surface area contributed by atoms with Gasteiger partial charge in [0.25, 0.3) is 0 Å². The van der Waals surface area contributed by atoms with Crippen LogP contribution in [0.25, 0.3) is 0 Å². The smallest absolute Gasteiger partial charge is 0.371 e. The van der Waals surface area contributed by atoms with Crippen LogP contribution in [0.2, 0.25) is 0 Å². The molecule has 96 valence electrons. The minimum Gasteiger partial charge on any atom is -0.475 e. The Labute approximate surface area is 100 Å². The zero-order valence-corrected chi connectivity index (χ0v) is 10.4. The van der Waals surface area contributed by atoms with Crippen molar-refractivity contribution in [1.29, 1.82) is 0 Å². The van der Waals surface area contributed by atoms with E-state index in [0.29, 0.717) is 18.7 Å². The van der Waals surface area contributed by atoms with E-state index in [2.05, 4.69) is 5.32 Å². The molecule has 0 bridgehead atoms. The third kappa shape index (κ3) is 3.87. The first kappa shape index (κ1) is 13.7. The summed E-state index contributed by atoms with van der Waals surface area (Å²) in [4.78, 5) is 10.7. The highest BCUT2D eigenvalue weighted by Crippen LogP contribution is 2.16. The molecule has 0 unspecified atom stereocenters. The molecule has 0 fully saturated rings. The summed E-state index contributed by atoms with van der Waals surface area (Å²) in [6.45, 7) is 6.34. The summed E-state index contributed by atoms with van der Waals surface area (Å²) in [7, 11) is 0. The van der Waals surface area contributed by atoms with Gasteiger partial charge in [0.1, 0.15) is 5.76 Å². The van der Waals surface area contributed by atoms with Gasteiger partial charge in [-0.1, -0.05) is 0 Å². The van der Waals surface area contributed by atoms with Crippen LogP contribution in [0.15, 0.2) is 10.5 Å². The van der Waals surface area contributed by atoms with Crippen molar-refractivity contribution in [3.05, 3.63) is 23.2 Å². The lowest BCUT2D eigenvalue weighted by Gasteiger charge is -2.25. The van der Waals surface area contributed by atoms with Crippen LogP contribution >= 0.6 is 0 Å². The predicted octanol–water partition coefficient (Wildman–Crippen LogP) is 1.54. The largest absolute Gasteiger partial charge is 0.475 e. The number of rotatable bonds is 6. The van der Waals surface area contributed by atoms with Crippen LogP contribution in [0.3, 0.4) is 0 Å². The number of furan rings is 1. The van der Waals surface area contributed by atoms with Crippen molar-refractivity contribution in [1.82, 2.24) is 5.32 Å². The molecule has 0 aliphatic rings. The monoisotopic (exact) mass is 241 g/mol. The van der Waals surface area contributed by atoms with Gasteiger partial charge in [-0.05, 0) is 33.3 Å². The van der Waals surface area contributed by atoms with Gasteiger partial charge in [-0.3, -0.25) is 0 Å². The lowest BCUT2D eigenvalue weighted by molar-refractivity contribution is 0.0661. The molecule has 0 atom stereocenters. The molecule has 5 nitrogen and oxygen atoms in total. The number of aliphatic hydroxyl groups is 1. The van der Waals surface area contributed by atoms with Gasteiger partial charge in [-0.15, -0.1) is 0 Å². The van der Waals surface area contributed by atoms with Crippen molar-refractivity contribution in [2.75, 3.05) is 6.61 Å². The Kier molecular flexibility index (Phi) is 4.31. The summed E-state index contributed by atoms with van der Waals surface area (Å²) in [5.74, 6) is -0.497. The molecular formula is C12H19NO4. The number of nitrogens with one attached hydrogen (secondary N) is 1. The van der Waals surface area contributed by atoms with E-state index in [1.54, 1.807) is 6.92 Å². The maximum absolute atomic E-state index is 10.7. The van der Waals surface area contributed by atoms with E-state index < -0.39 is 5.97 Å². The van der Waals surface area contributed by atoms with Crippen LogP contribution in [0.5, 0.6) is 0 Å². The normalized spacial score (nSPS) is 11.8. The summed E-state index contributed by atoms with van der Waals surface area (Å²) in [5, 5.41) is 20.9. The van der Waals surface area contributed by atoms with E-state index in [1.165, 1.54) is 6.07 Å². The average molecular weight is 241 g/mol. The first-order valence-electron chi connectivity index (χ1n) is 5.54. The first-order valence-corrected chi connectivity index (χ1v) is 5.54. The molecule has 0 aromatic carbocycles. The quantitative estimate of drug-likeness (QED) is 0.703. The van der Waals surface area contributed by atoms with Gasteiger partial charge in [-0.2, -0.15) is 0 Å². The number of carboxylic acid groups (broad SMARTS) is 1. The number of aliphatic hydroxyl groups excluding tert-OH is 1. The zero-order valence-electron chi connectivity index (χ0n) is 10.4. The summed E-state index contributed by atoms with van der Waals surface area (Å²) in [6, 6.07) is 1.53. The minimum atomic E-state index is -1.06. The number of aromatic carboxylic acids is 1. The van der Waals surface area contributed by atoms with E-state index >= 15 is 0 Å². The van der Waals surface area contributed by atoms with Gasteiger partial charge in [-0.25, -0.2) is 4.79 Å². The maximum Gasteiger partial charge on any atom is 0.371 e. The first-order chi connectivity index (χ1) is 7.85. The molecule has 0 saturated carbocycles. The number of carboxylic acids is 1. The Bertz CT molecular complexity index is 395. The molecule has 0 amide bonds. The number of hydrogen-bond acceptors (Lipinski definition) is 4. The Balaban J connectivity index is 2.66. The molecule has 0 saturated heterocycles. The fourth-order valence-corrected chi connectivity index (χ4v) is 1.50. The van der Waals surface area contributed by atoms with E-state index in [1.807, 2.05) is 13.8 Å². The summed E-state index contributed by atoms with van der Waals surface area (Å²) < 4.78 is 5.11. The molecular weight excluding hydrogens is 222 g/mol. The Hall–Kier alpha value is -1.33. The third-order valence-electron chi connectivity index (χ3n) is 2.73. The van der Waals surface area contributed by atoms with Gasteiger partial charge < -0.3 is 19.9 Å². The van der Waals surface area contributed by atoms with Gasteiger partial charge in [0.2, 0.25) is 5.76 Å². The Morgan fingerprint density at radius 2 is 2.18 bits per heavy atom. The second kappa shape index (κ2) is 5.33. The third-order valence-corrected chi connectivity index (χ3v) is 2.73. The van der Waals surface area contributed by atoms with Crippen molar-refractivity contribution in [2.45, 2.75) is 39.3 Å². The van der Waals surface area contributed by atoms with Gasteiger partial charge in [0.15, 0.2) is 0 Å². The SMILES string of the molecule is Cc1oc(C(=O)O)cc1CNC(C)(C)CCO. The standard InChI is InChI=1S/C12H19NO4/c1-8-9(6-10(17-8)11(15)16)7-13-12(2,3)4-5-14/h6,13-14H,4-5,7H2,1-3H3,(H,15,16). The molecule has 3 N–H and O–H groups in total. The highest BCUT2D eigenvalue weighted by Gasteiger charge is 2.18. The molecule has 5 heteroatoms. The molecule has 1 aromatic rings. The van der Waals surface area contributed by atoms with E-state index in [-0.39, 0.29) is 17.9 Å². The second-order valence-corrected chi connectivity index (χ2v) is 4.71.